The lowest BCUT2D eigenvalue weighted by Gasteiger charge is -2.30. The molecule has 37 heavy (non-hydrogen) atoms. The Labute approximate surface area is 226 Å². The molecule has 0 atom stereocenters. The van der Waals surface area contributed by atoms with Crippen molar-refractivity contribution in [2.24, 2.45) is 5.92 Å². The first-order chi connectivity index (χ1) is 17.5. The smallest absolute Gasteiger partial charge is 0.261 e. The van der Waals surface area contributed by atoms with Crippen molar-refractivity contribution in [1.29, 1.82) is 0 Å². The van der Waals surface area contributed by atoms with E-state index < -0.39 is 20.0 Å². The number of carbonyl (C=O) groups excluding carboxylic acids is 1. The minimum Gasteiger partial charge on any atom is -0.326 e. The summed E-state index contributed by atoms with van der Waals surface area (Å²) in [6, 6.07) is 20.2. The molecule has 196 valence electrons. The van der Waals surface area contributed by atoms with Crippen LogP contribution in [0.2, 0.25) is 0 Å². The molecule has 3 aromatic carbocycles. The van der Waals surface area contributed by atoms with Crippen molar-refractivity contribution in [2.45, 2.75) is 30.4 Å². The number of amides is 1. The van der Waals surface area contributed by atoms with E-state index in [4.69, 9.17) is 0 Å². The van der Waals surface area contributed by atoms with Crippen molar-refractivity contribution in [3.63, 3.8) is 0 Å². The third kappa shape index (κ3) is 6.98. The van der Waals surface area contributed by atoms with Crippen LogP contribution in [0.25, 0.3) is 0 Å². The summed E-state index contributed by atoms with van der Waals surface area (Å²) < 4.78 is 56.0. The SMILES string of the molecule is Cc1ccccc1NS(=O)(=O)c1ccc(NC(=O)C2CCN(S(=O)(=O)Cc3ccc(Br)cc3)CC2)cc1. The molecule has 1 aliphatic heterocycles. The normalized spacial score (nSPS) is 15.3. The summed E-state index contributed by atoms with van der Waals surface area (Å²) in [5.41, 5.74) is 2.50. The predicted octanol–water partition coefficient (Wildman–Crippen LogP) is 4.74. The van der Waals surface area contributed by atoms with E-state index in [0.717, 1.165) is 10.0 Å². The van der Waals surface area contributed by atoms with Crippen LogP contribution in [-0.4, -0.2) is 40.1 Å². The topological polar surface area (TPSA) is 113 Å². The van der Waals surface area contributed by atoms with Gasteiger partial charge in [-0.1, -0.05) is 46.3 Å². The largest absolute Gasteiger partial charge is 0.326 e. The lowest BCUT2D eigenvalue weighted by molar-refractivity contribution is -0.120. The molecule has 1 heterocycles. The molecule has 1 saturated heterocycles. The van der Waals surface area contributed by atoms with E-state index >= 15 is 0 Å². The summed E-state index contributed by atoms with van der Waals surface area (Å²) in [6.45, 7) is 2.37. The number of hydrogen-bond donors (Lipinski definition) is 2. The number of sulfonamides is 2. The van der Waals surface area contributed by atoms with Crippen LogP contribution in [-0.2, 0) is 30.6 Å². The van der Waals surface area contributed by atoms with Gasteiger partial charge in [-0.15, -0.1) is 0 Å². The highest BCUT2D eigenvalue weighted by molar-refractivity contribution is 9.10. The van der Waals surface area contributed by atoms with Gasteiger partial charge in [-0.25, -0.2) is 21.1 Å². The quantitative estimate of drug-likeness (QED) is 0.385. The molecule has 0 saturated carbocycles. The van der Waals surface area contributed by atoms with Gasteiger partial charge in [0.25, 0.3) is 10.0 Å². The molecule has 0 bridgehead atoms. The molecule has 8 nitrogen and oxygen atoms in total. The average molecular weight is 607 g/mol. The van der Waals surface area contributed by atoms with Crippen LogP contribution >= 0.6 is 15.9 Å². The molecule has 0 unspecified atom stereocenters. The van der Waals surface area contributed by atoms with Gasteiger partial charge in [0.05, 0.1) is 16.3 Å². The molecule has 3 aromatic rings. The van der Waals surface area contributed by atoms with Gasteiger partial charge in [0.1, 0.15) is 0 Å². The molecular formula is C26H28BrN3O5S2. The molecule has 0 aliphatic carbocycles. The number of nitrogens with one attached hydrogen (secondary N) is 2. The van der Waals surface area contributed by atoms with E-state index in [1.807, 2.05) is 31.2 Å². The van der Waals surface area contributed by atoms with Gasteiger partial charge in [0, 0.05) is 29.2 Å². The van der Waals surface area contributed by atoms with Gasteiger partial charge in [-0.2, -0.15) is 0 Å². The second-order valence-corrected chi connectivity index (χ2v) is 13.6. The van der Waals surface area contributed by atoms with Crippen molar-refractivity contribution in [3.05, 3.63) is 88.4 Å². The van der Waals surface area contributed by atoms with Crippen molar-refractivity contribution in [3.8, 4) is 0 Å². The van der Waals surface area contributed by atoms with E-state index in [9.17, 15) is 21.6 Å². The molecule has 1 amide bonds. The Balaban J connectivity index is 1.31. The first-order valence-electron chi connectivity index (χ1n) is 11.8. The number of aryl methyl sites for hydroxylation is 1. The van der Waals surface area contributed by atoms with Gasteiger partial charge in [-0.05, 0) is 73.4 Å². The van der Waals surface area contributed by atoms with Crippen LogP contribution in [0.3, 0.4) is 0 Å². The first kappa shape index (κ1) is 27.3. The minimum absolute atomic E-state index is 0.0783. The van der Waals surface area contributed by atoms with Gasteiger partial charge >= 0.3 is 0 Å². The van der Waals surface area contributed by atoms with Crippen LogP contribution in [0.4, 0.5) is 11.4 Å². The third-order valence-electron chi connectivity index (χ3n) is 6.30. The fourth-order valence-corrected chi connectivity index (χ4v) is 7.09. The van der Waals surface area contributed by atoms with Crippen LogP contribution in [0.5, 0.6) is 0 Å². The number of carbonyl (C=O) groups is 1. The van der Waals surface area contributed by atoms with E-state index in [2.05, 4.69) is 26.0 Å². The molecule has 2 N–H and O–H groups in total. The average Bonchev–Trinajstić information content (AvgIpc) is 2.87. The molecule has 0 aromatic heterocycles. The molecular weight excluding hydrogens is 578 g/mol. The Morgan fingerprint density at radius 2 is 1.54 bits per heavy atom. The van der Waals surface area contributed by atoms with E-state index in [1.54, 1.807) is 36.4 Å². The predicted molar refractivity (Wildman–Crippen MR) is 148 cm³/mol. The molecule has 1 aliphatic rings. The highest BCUT2D eigenvalue weighted by atomic mass is 79.9. The number of rotatable bonds is 8. The van der Waals surface area contributed by atoms with Crippen LogP contribution in [0.1, 0.15) is 24.0 Å². The summed E-state index contributed by atoms with van der Waals surface area (Å²) in [5.74, 6) is -0.616. The Hall–Kier alpha value is -2.73. The van der Waals surface area contributed by atoms with Crippen molar-refractivity contribution < 1.29 is 21.6 Å². The second-order valence-electron chi connectivity index (χ2n) is 8.99. The zero-order valence-electron chi connectivity index (χ0n) is 20.2. The number of hydrogen-bond acceptors (Lipinski definition) is 5. The fraction of sp³-hybridized carbons (Fsp3) is 0.269. The summed E-state index contributed by atoms with van der Waals surface area (Å²) in [4.78, 5) is 12.9. The lowest BCUT2D eigenvalue weighted by atomic mass is 9.97. The summed E-state index contributed by atoms with van der Waals surface area (Å²) in [7, 11) is -7.25. The number of nitrogens with zero attached hydrogens (tertiary/aromatic N) is 1. The van der Waals surface area contributed by atoms with E-state index in [0.29, 0.717) is 29.8 Å². The van der Waals surface area contributed by atoms with Crippen LogP contribution in [0, 0.1) is 12.8 Å². The van der Waals surface area contributed by atoms with Crippen molar-refractivity contribution >= 4 is 53.3 Å². The highest BCUT2D eigenvalue weighted by Gasteiger charge is 2.31. The lowest BCUT2D eigenvalue weighted by Crippen LogP contribution is -2.41. The number of para-hydroxylation sites is 1. The van der Waals surface area contributed by atoms with E-state index in [-0.39, 0.29) is 35.6 Å². The Bertz CT molecular complexity index is 1470. The van der Waals surface area contributed by atoms with Gasteiger partial charge in [-0.3, -0.25) is 9.52 Å². The van der Waals surface area contributed by atoms with Crippen molar-refractivity contribution in [2.75, 3.05) is 23.1 Å². The van der Waals surface area contributed by atoms with Gasteiger partial charge in [0.15, 0.2) is 0 Å². The summed E-state index contributed by atoms with van der Waals surface area (Å²) in [5, 5.41) is 2.82. The molecule has 11 heteroatoms. The third-order valence-corrected chi connectivity index (χ3v) is 10.1. The standard InChI is InChI=1S/C26H28BrN3O5S2/c1-19-4-2-3-5-25(19)29-37(34,35)24-12-10-23(11-13-24)28-26(31)21-14-16-30(17-15-21)36(32,33)18-20-6-8-22(27)9-7-20/h2-13,21,29H,14-18H2,1H3,(H,28,31). The van der Waals surface area contributed by atoms with Crippen LogP contribution < -0.4 is 10.0 Å². The fourth-order valence-electron chi connectivity index (χ4n) is 4.13. The maximum atomic E-state index is 12.8. The molecule has 4 rings (SSSR count). The number of anilines is 2. The zero-order valence-corrected chi connectivity index (χ0v) is 23.4. The number of halogens is 1. The number of piperidine rings is 1. The maximum Gasteiger partial charge on any atom is 0.261 e. The second kappa shape index (κ2) is 11.3. The minimum atomic E-state index is -3.77. The van der Waals surface area contributed by atoms with Gasteiger partial charge < -0.3 is 5.32 Å². The Kier molecular flexibility index (Phi) is 8.37. The number of benzene rings is 3. The first-order valence-corrected chi connectivity index (χ1v) is 15.6. The molecule has 1 fully saturated rings. The molecule has 0 radical (unpaired) electrons. The Morgan fingerprint density at radius 1 is 0.919 bits per heavy atom. The zero-order chi connectivity index (χ0) is 26.6. The van der Waals surface area contributed by atoms with E-state index in [1.165, 1.54) is 16.4 Å². The summed E-state index contributed by atoms with van der Waals surface area (Å²) in [6.07, 6.45) is 0.830. The van der Waals surface area contributed by atoms with Gasteiger partial charge in [0.2, 0.25) is 15.9 Å². The Morgan fingerprint density at radius 3 is 2.16 bits per heavy atom. The van der Waals surface area contributed by atoms with Crippen LogP contribution in [0.15, 0.2) is 82.2 Å². The monoisotopic (exact) mass is 605 g/mol. The summed E-state index contributed by atoms with van der Waals surface area (Å²) >= 11 is 3.34. The highest BCUT2D eigenvalue weighted by Crippen LogP contribution is 2.25. The van der Waals surface area contributed by atoms with Crippen molar-refractivity contribution in [1.82, 2.24) is 4.31 Å². The molecule has 0 spiro atoms. The maximum absolute atomic E-state index is 12.8.